The monoisotopic (exact) mass is 209 g/mol. The lowest BCUT2D eigenvalue weighted by Gasteiger charge is -2.11. The molecule has 0 radical (unpaired) electrons. The molecule has 1 aromatic rings. The van der Waals surface area contributed by atoms with Crippen LogP contribution in [0.25, 0.3) is 0 Å². The van der Waals surface area contributed by atoms with Gasteiger partial charge in [-0.2, -0.15) is 0 Å². The van der Waals surface area contributed by atoms with Gasteiger partial charge in [0.25, 0.3) is 0 Å². The Hall–Kier alpha value is -1.42. The summed E-state index contributed by atoms with van der Waals surface area (Å²) in [6, 6.07) is 6.32. The molecule has 1 aromatic carbocycles. The number of hydrogen-bond acceptors (Lipinski definition) is 2. The third kappa shape index (κ3) is 1.41. The van der Waals surface area contributed by atoms with Crippen molar-refractivity contribution in [3.05, 3.63) is 35.6 Å². The maximum Gasteiger partial charge on any atom is 0.324 e. The molecule has 4 heteroatoms. The number of carboxylic acids is 1. The molecule has 1 saturated carbocycles. The highest BCUT2D eigenvalue weighted by molar-refractivity contribution is 5.85. The maximum absolute atomic E-state index is 13.4. The first-order chi connectivity index (χ1) is 7.12. The average Bonchev–Trinajstić information content (AvgIpc) is 2.94. The minimum atomic E-state index is -0.970. The van der Waals surface area contributed by atoms with E-state index in [1.54, 1.807) is 25.2 Å². The molecule has 0 bridgehead atoms. The second-order valence-corrected chi connectivity index (χ2v) is 3.80. The topological polar surface area (TPSA) is 49.3 Å². The van der Waals surface area contributed by atoms with E-state index in [0.29, 0.717) is 12.0 Å². The van der Waals surface area contributed by atoms with Gasteiger partial charge in [-0.25, -0.2) is 4.39 Å². The second kappa shape index (κ2) is 3.31. The third-order valence-electron chi connectivity index (χ3n) is 3.07. The van der Waals surface area contributed by atoms with Crippen molar-refractivity contribution in [3.8, 4) is 0 Å². The quantitative estimate of drug-likeness (QED) is 0.790. The van der Waals surface area contributed by atoms with Gasteiger partial charge in [-0.3, -0.25) is 4.79 Å². The fourth-order valence-electron chi connectivity index (χ4n) is 2.02. The first-order valence-corrected chi connectivity index (χ1v) is 4.78. The van der Waals surface area contributed by atoms with Crippen LogP contribution in [0.1, 0.15) is 17.9 Å². The van der Waals surface area contributed by atoms with E-state index in [1.165, 1.54) is 6.07 Å². The van der Waals surface area contributed by atoms with Crippen LogP contribution in [0.4, 0.5) is 4.39 Å². The van der Waals surface area contributed by atoms with E-state index in [2.05, 4.69) is 5.32 Å². The molecule has 80 valence electrons. The van der Waals surface area contributed by atoms with Crippen molar-refractivity contribution in [3.63, 3.8) is 0 Å². The lowest BCUT2D eigenvalue weighted by molar-refractivity contribution is -0.140. The largest absolute Gasteiger partial charge is 0.480 e. The van der Waals surface area contributed by atoms with Crippen molar-refractivity contribution in [1.82, 2.24) is 5.32 Å². The van der Waals surface area contributed by atoms with Crippen LogP contribution in [-0.2, 0) is 4.79 Å². The first kappa shape index (κ1) is 10.1. The Labute approximate surface area is 86.9 Å². The summed E-state index contributed by atoms with van der Waals surface area (Å²) in [5.74, 6) is -1.51. The Bertz CT molecular complexity index is 407. The van der Waals surface area contributed by atoms with Crippen molar-refractivity contribution < 1.29 is 14.3 Å². The molecular weight excluding hydrogens is 197 g/mol. The van der Waals surface area contributed by atoms with Gasteiger partial charge in [0.15, 0.2) is 0 Å². The van der Waals surface area contributed by atoms with Crippen molar-refractivity contribution >= 4 is 5.97 Å². The summed E-state index contributed by atoms with van der Waals surface area (Å²) < 4.78 is 13.4. The summed E-state index contributed by atoms with van der Waals surface area (Å²) in [6.45, 7) is 0. The van der Waals surface area contributed by atoms with Gasteiger partial charge in [0.2, 0.25) is 0 Å². The van der Waals surface area contributed by atoms with Crippen molar-refractivity contribution in [2.24, 2.45) is 0 Å². The zero-order valence-corrected chi connectivity index (χ0v) is 8.33. The van der Waals surface area contributed by atoms with Gasteiger partial charge in [-0.05, 0) is 25.1 Å². The van der Waals surface area contributed by atoms with Crippen molar-refractivity contribution in [2.45, 2.75) is 17.9 Å². The van der Waals surface area contributed by atoms with Crippen LogP contribution in [0.5, 0.6) is 0 Å². The SMILES string of the molecule is CNC1(C(=O)O)CC1c1ccccc1F. The number of hydrogen-bond donors (Lipinski definition) is 2. The lowest BCUT2D eigenvalue weighted by Crippen LogP contribution is -2.38. The molecule has 0 amide bonds. The Kier molecular flexibility index (Phi) is 2.23. The van der Waals surface area contributed by atoms with Gasteiger partial charge in [-0.15, -0.1) is 0 Å². The zero-order chi connectivity index (χ0) is 11.1. The van der Waals surface area contributed by atoms with Gasteiger partial charge in [0.05, 0.1) is 0 Å². The summed E-state index contributed by atoms with van der Waals surface area (Å²) in [7, 11) is 1.59. The zero-order valence-electron chi connectivity index (χ0n) is 8.33. The van der Waals surface area contributed by atoms with E-state index >= 15 is 0 Å². The minimum Gasteiger partial charge on any atom is -0.480 e. The molecule has 3 nitrogen and oxygen atoms in total. The summed E-state index contributed by atoms with van der Waals surface area (Å²) in [5.41, 5.74) is -0.489. The van der Waals surface area contributed by atoms with Crippen LogP contribution in [0.2, 0.25) is 0 Å². The van der Waals surface area contributed by atoms with E-state index < -0.39 is 11.5 Å². The highest BCUT2D eigenvalue weighted by Crippen LogP contribution is 2.51. The summed E-state index contributed by atoms with van der Waals surface area (Å²) in [4.78, 5) is 11.0. The Morgan fingerprint density at radius 3 is 2.73 bits per heavy atom. The molecular formula is C11H12FNO2. The smallest absolute Gasteiger partial charge is 0.324 e. The molecule has 1 aliphatic rings. The molecule has 1 fully saturated rings. The predicted octanol–water partition coefficient (Wildman–Crippen LogP) is 1.36. The molecule has 0 heterocycles. The Morgan fingerprint density at radius 1 is 1.60 bits per heavy atom. The van der Waals surface area contributed by atoms with Crippen LogP contribution in [0.15, 0.2) is 24.3 Å². The summed E-state index contributed by atoms with van der Waals surface area (Å²) in [5, 5.41) is 11.8. The van der Waals surface area contributed by atoms with Crippen LogP contribution in [0.3, 0.4) is 0 Å². The normalized spacial score (nSPS) is 28.8. The molecule has 0 spiro atoms. The second-order valence-electron chi connectivity index (χ2n) is 3.80. The maximum atomic E-state index is 13.4. The summed E-state index contributed by atoms with van der Waals surface area (Å²) in [6.07, 6.45) is 0.444. The average molecular weight is 209 g/mol. The molecule has 15 heavy (non-hydrogen) atoms. The molecule has 1 aliphatic carbocycles. The highest BCUT2D eigenvalue weighted by Gasteiger charge is 2.60. The van der Waals surface area contributed by atoms with Crippen LogP contribution >= 0.6 is 0 Å². The number of carboxylic acid groups (broad SMARTS) is 1. The van der Waals surface area contributed by atoms with E-state index in [-0.39, 0.29) is 11.7 Å². The van der Waals surface area contributed by atoms with E-state index in [4.69, 9.17) is 5.11 Å². The number of benzene rings is 1. The van der Waals surface area contributed by atoms with Crippen LogP contribution in [-0.4, -0.2) is 23.7 Å². The summed E-state index contributed by atoms with van der Waals surface area (Å²) >= 11 is 0. The van der Waals surface area contributed by atoms with Crippen molar-refractivity contribution in [2.75, 3.05) is 7.05 Å². The number of halogens is 1. The van der Waals surface area contributed by atoms with E-state index in [1.807, 2.05) is 0 Å². The van der Waals surface area contributed by atoms with Gasteiger partial charge in [0.1, 0.15) is 11.4 Å². The number of carbonyl (C=O) groups is 1. The molecule has 2 unspecified atom stereocenters. The van der Waals surface area contributed by atoms with E-state index in [0.717, 1.165) is 0 Å². The number of aliphatic carboxylic acids is 1. The van der Waals surface area contributed by atoms with Gasteiger partial charge >= 0.3 is 5.97 Å². The number of likely N-dealkylation sites (N-methyl/N-ethyl adjacent to an activating group) is 1. The molecule has 0 aliphatic heterocycles. The Balaban J connectivity index is 2.30. The fourth-order valence-corrected chi connectivity index (χ4v) is 2.02. The van der Waals surface area contributed by atoms with Gasteiger partial charge in [0, 0.05) is 5.92 Å². The fraction of sp³-hybridized carbons (Fsp3) is 0.364. The van der Waals surface area contributed by atoms with Crippen LogP contribution < -0.4 is 5.32 Å². The first-order valence-electron chi connectivity index (χ1n) is 4.78. The lowest BCUT2D eigenvalue weighted by atomic mass is 10.1. The molecule has 0 saturated heterocycles. The number of nitrogens with one attached hydrogen (secondary N) is 1. The Morgan fingerprint density at radius 2 is 2.27 bits per heavy atom. The molecule has 2 N–H and O–H groups in total. The third-order valence-corrected chi connectivity index (χ3v) is 3.07. The minimum absolute atomic E-state index is 0.263. The molecule has 2 rings (SSSR count). The van der Waals surface area contributed by atoms with E-state index in [9.17, 15) is 9.18 Å². The van der Waals surface area contributed by atoms with Crippen molar-refractivity contribution in [1.29, 1.82) is 0 Å². The number of rotatable bonds is 3. The van der Waals surface area contributed by atoms with Gasteiger partial charge in [-0.1, -0.05) is 18.2 Å². The molecule has 0 aromatic heterocycles. The highest BCUT2D eigenvalue weighted by atomic mass is 19.1. The molecule has 2 atom stereocenters. The van der Waals surface area contributed by atoms with Crippen LogP contribution in [0, 0.1) is 5.82 Å². The standard InChI is InChI=1S/C11H12FNO2/c1-13-11(10(14)15)6-8(11)7-4-2-3-5-9(7)12/h2-5,8,13H,6H2,1H3,(H,14,15). The van der Waals surface area contributed by atoms with Gasteiger partial charge < -0.3 is 10.4 Å². The predicted molar refractivity (Wildman–Crippen MR) is 53.2 cm³/mol.